The number of fused-ring (bicyclic) bond motifs is 2. The van der Waals surface area contributed by atoms with Crippen molar-refractivity contribution in [3.63, 3.8) is 0 Å². The van der Waals surface area contributed by atoms with Crippen molar-refractivity contribution in [1.29, 1.82) is 0 Å². The van der Waals surface area contributed by atoms with Crippen molar-refractivity contribution < 1.29 is 19.1 Å². The summed E-state index contributed by atoms with van der Waals surface area (Å²) in [5.41, 5.74) is 1.08. The number of nitrogens with one attached hydrogen (secondary N) is 2. The molecule has 0 spiro atoms. The molecular formula is C23H31N5O4. The second-order valence-corrected chi connectivity index (χ2v) is 7.72. The fourth-order valence-electron chi connectivity index (χ4n) is 3.26. The largest absolute Gasteiger partial charge is 0.489 e. The number of anilines is 2. The van der Waals surface area contributed by atoms with E-state index in [1.807, 2.05) is 38.4 Å². The minimum Gasteiger partial charge on any atom is -0.489 e. The van der Waals surface area contributed by atoms with Crippen LogP contribution in [0.3, 0.4) is 0 Å². The molecule has 1 aliphatic rings. The third kappa shape index (κ3) is 6.93. The lowest BCUT2D eigenvalue weighted by Gasteiger charge is -2.23. The van der Waals surface area contributed by atoms with Crippen molar-refractivity contribution in [2.24, 2.45) is 0 Å². The topological polar surface area (TPSA) is 96.0 Å². The molecule has 0 radical (unpaired) electrons. The number of amides is 2. The van der Waals surface area contributed by atoms with Gasteiger partial charge in [0.2, 0.25) is 5.91 Å². The first-order chi connectivity index (χ1) is 15.5. The molecule has 0 saturated heterocycles. The third-order valence-electron chi connectivity index (χ3n) is 4.89. The summed E-state index contributed by atoms with van der Waals surface area (Å²) in [4.78, 5) is 33.8. The molecule has 9 heteroatoms. The molecular weight excluding hydrogens is 410 g/mol. The lowest BCUT2D eigenvalue weighted by Crippen LogP contribution is -2.43. The van der Waals surface area contributed by atoms with Gasteiger partial charge in [0.1, 0.15) is 18.2 Å². The summed E-state index contributed by atoms with van der Waals surface area (Å²) < 4.78 is 11.5. The van der Waals surface area contributed by atoms with E-state index in [0.29, 0.717) is 49.2 Å². The van der Waals surface area contributed by atoms with E-state index < -0.39 is 0 Å². The fraction of sp³-hybridized carbons (Fsp3) is 0.435. The van der Waals surface area contributed by atoms with Crippen molar-refractivity contribution in [2.75, 3.05) is 65.4 Å². The molecule has 2 heterocycles. The quantitative estimate of drug-likeness (QED) is 0.660. The van der Waals surface area contributed by atoms with E-state index in [4.69, 9.17) is 9.47 Å². The molecule has 0 fully saturated rings. The first-order valence-electron chi connectivity index (χ1n) is 10.8. The Hall–Kier alpha value is -3.17. The Kier molecular flexibility index (Phi) is 8.82. The zero-order valence-corrected chi connectivity index (χ0v) is 18.7. The number of aromatic nitrogens is 1. The molecule has 0 atom stereocenters. The standard InChI is InChI=1S/C23H31N5O4/c1-27(2)12-6-11-24-21(29)17-28-13-14-31-15-16-32-20-9-4-3-8-19(20)26-22-18(23(28)30)7-5-10-25-22/h3-5,7-10H,6,11-17H2,1-2H3,(H,24,29)(H,25,26). The Balaban J connectivity index is 1.77. The summed E-state index contributed by atoms with van der Waals surface area (Å²) in [5, 5.41) is 6.09. The van der Waals surface area contributed by atoms with Crippen LogP contribution in [0.5, 0.6) is 5.75 Å². The van der Waals surface area contributed by atoms with Crippen LogP contribution in [0.1, 0.15) is 16.8 Å². The predicted molar refractivity (Wildman–Crippen MR) is 122 cm³/mol. The molecule has 32 heavy (non-hydrogen) atoms. The molecule has 2 N–H and O–H groups in total. The molecule has 2 amide bonds. The van der Waals surface area contributed by atoms with E-state index in [0.717, 1.165) is 13.0 Å². The lowest BCUT2D eigenvalue weighted by molar-refractivity contribution is -0.121. The number of carbonyl (C=O) groups is 2. The minimum absolute atomic E-state index is 0.0500. The van der Waals surface area contributed by atoms with Gasteiger partial charge in [-0.25, -0.2) is 4.98 Å². The monoisotopic (exact) mass is 441 g/mol. The lowest BCUT2D eigenvalue weighted by atomic mass is 10.2. The number of ether oxygens (including phenoxy) is 2. The number of rotatable bonds is 6. The molecule has 3 rings (SSSR count). The van der Waals surface area contributed by atoms with Crippen LogP contribution < -0.4 is 15.4 Å². The van der Waals surface area contributed by atoms with Crippen LogP contribution in [0.4, 0.5) is 11.5 Å². The number of para-hydroxylation sites is 2. The summed E-state index contributed by atoms with van der Waals surface area (Å²) in [6.45, 7) is 2.71. The van der Waals surface area contributed by atoms with E-state index in [-0.39, 0.29) is 24.9 Å². The maximum absolute atomic E-state index is 13.4. The number of hydrogen-bond acceptors (Lipinski definition) is 7. The smallest absolute Gasteiger partial charge is 0.258 e. The zero-order chi connectivity index (χ0) is 22.8. The molecule has 0 aliphatic carbocycles. The molecule has 1 aromatic heterocycles. The average Bonchev–Trinajstić information content (AvgIpc) is 2.79. The van der Waals surface area contributed by atoms with Crippen LogP contribution in [0.15, 0.2) is 42.6 Å². The first kappa shape index (κ1) is 23.5. The summed E-state index contributed by atoms with van der Waals surface area (Å²) in [7, 11) is 3.98. The number of benzene rings is 1. The first-order valence-corrected chi connectivity index (χ1v) is 10.8. The van der Waals surface area contributed by atoms with Crippen LogP contribution in [0.25, 0.3) is 0 Å². The second-order valence-electron chi connectivity index (χ2n) is 7.72. The Morgan fingerprint density at radius 3 is 2.88 bits per heavy atom. The maximum Gasteiger partial charge on any atom is 0.258 e. The van der Waals surface area contributed by atoms with Crippen LogP contribution in [0, 0.1) is 0 Å². The van der Waals surface area contributed by atoms with Crippen LogP contribution in [-0.4, -0.2) is 86.7 Å². The molecule has 0 bridgehead atoms. The fourth-order valence-corrected chi connectivity index (χ4v) is 3.26. The highest BCUT2D eigenvalue weighted by molar-refractivity contribution is 6.01. The highest BCUT2D eigenvalue weighted by Crippen LogP contribution is 2.28. The summed E-state index contributed by atoms with van der Waals surface area (Å²) >= 11 is 0. The van der Waals surface area contributed by atoms with Gasteiger partial charge in [0.15, 0.2) is 0 Å². The van der Waals surface area contributed by atoms with E-state index in [9.17, 15) is 9.59 Å². The number of pyridine rings is 1. The Morgan fingerprint density at radius 1 is 1.19 bits per heavy atom. The van der Waals surface area contributed by atoms with Crippen molar-refractivity contribution in [3.05, 3.63) is 48.2 Å². The Morgan fingerprint density at radius 2 is 2.03 bits per heavy atom. The molecule has 1 aromatic carbocycles. The molecule has 2 aromatic rings. The van der Waals surface area contributed by atoms with Gasteiger partial charge in [-0.2, -0.15) is 0 Å². The second kappa shape index (κ2) is 12.0. The van der Waals surface area contributed by atoms with Crippen molar-refractivity contribution in [2.45, 2.75) is 6.42 Å². The molecule has 0 unspecified atom stereocenters. The minimum atomic E-state index is -0.287. The molecule has 0 saturated carbocycles. The number of hydrogen-bond donors (Lipinski definition) is 2. The van der Waals surface area contributed by atoms with Crippen LogP contribution >= 0.6 is 0 Å². The van der Waals surface area contributed by atoms with Gasteiger partial charge in [0, 0.05) is 19.3 Å². The van der Waals surface area contributed by atoms with E-state index >= 15 is 0 Å². The third-order valence-corrected chi connectivity index (χ3v) is 4.89. The summed E-state index contributed by atoms with van der Waals surface area (Å²) in [6, 6.07) is 10.9. The van der Waals surface area contributed by atoms with Gasteiger partial charge in [-0.3, -0.25) is 9.59 Å². The van der Waals surface area contributed by atoms with Gasteiger partial charge in [-0.15, -0.1) is 0 Å². The van der Waals surface area contributed by atoms with Gasteiger partial charge in [0.25, 0.3) is 5.91 Å². The normalized spacial score (nSPS) is 14.7. The average molecular weight is 442 g/mol. The van der Waals surface area contributed by atoms with E-state index in [1.165, 1.54) is 4.90 Å². The molecule has 1 aliphatic heterocycles. The van der Waals surface area contributed by atoms with E-state index in [2.05, 4.69) is 20.5 Å². The van der Waals surface area contributed by atoms with Gasteiger partial charge in [-0.1, -0.05) is 12.1 Å². The van der Waals surface area contributed by atoms with E-state index in [1.54, 1.807) is 18.3 Å². The van der Waals surface area contributed by atoms with Gasteiger partial charge < -0.3 is 29.9 Å². The SMILES string of the molecule is CN(C)CCCNC(=O)CN1CCOCCOc2ccccc2Nc2ncccc2C1=O. The Bertz CT molecular complexity index is 905. The van der Waals surface area contributed by atoms with Gasteiger partial charge in [0.05, 0.1) is 31.0 Å². The number of nitrogens with zero attached hydrogens (tertiary/aromatic N) is 3. The van der Waals surface area contributed by atoms with Crippen molar-refractivity contribution in [3.8, 4) is 5.75 Å². The highest BCUT2D eigenvalue weighted by atomic mass is 16.5. The van der Waals surface area contributed by atoms with Gasteiger partial charge in [-0.05, 0) is 51.3 Å². The van der Waals surface area contributed by atoms with Crippen LogP contribution in [-0.2, 0) is 9.53 Å². The molecule has 9 nitrogen and oxygen atoms in total. The maximum atomic E-state index is 13.4. The molecule has 172 valence electrons. The summed E-state index contributed by atoms with van der Waals surface area (Å²) in [5.74, 6) is 0.567. The predicted octanol–water partition coefficient (Wildman–Crippen LogP) is 1.74. The highest BCUT2D eigenvalue weighted by Gasteiger charge is 2.23. The van der Waals surface area contributed by atoms with Gasteiger partial charge >= 0.3 is 0 Å². The number of carbonyl (C=O) groups excluding carboxylic acids is 2. The Labute approximate surface area is 188 Å². The zero-order valence-electron chi connectivity index (χ0n) is 18.7. The van der Waals surface area contributed by atoms with Crippen molar-refractivity contribution >= 4 is 23.3 Å². The van der Waals surface area contributed by atoms with Crippen LogP contribution in [0.2, 0.25) is 0 Å². The summed E-state index contributed by atoms with van der Waals surface area (Å²) in [6.07, 6.45) is 2.46. The van der Waals surface area contributed by atoms with Crippen molar-refractivity contribution in [1.82, 2.24) is 20.1 Å².